The van der Waals surface area contributed by atoms with Crippen LogP contribution in [0.25, 0.3) is 0 Å². The van der Waals surface area contributed by atoms with Crippen molar-refractivity contribution >= 4 is 0 Å². The molecule has 0 saturated heterocycles. The minimum absolute atomic E-state index is 0.124. The van der Waals surface area contributed by atoms with Crippen LogP contribution >= 0.6 is 0 Å². The average molecular weight is 254 g/mol. The first kappa shape index (κ1) is 14.8. The Morgan fingerprint density at radius 2 is 2.06 bits per heavy atom. The standard InChI is InChI=1S/C13H22N2O3/c1-4-7-18-9-12(15-14)11-8-10(16-2)5-6-13(11)17-3/h5-6,8,12,15H,4,7,9,14H2,1-3H3. The fourth-order valence-electron chi connectivity index (χ4n) is 1.68. The molecule has 0 aliphatic heterocycles. The number of nitrogens with one attached hydrogen (secondary N) is 1. The lowest BCUT2D eigenvalue weighted by Crippen LogP contribution is -2.31. The van der Waals surface area contributed by atoms with E-state index in [4.69, 9.17) is 20.1 Å². The highest BCUT2D eigenvalue weighted by Crippen LogP contribution is 2.29. The molecule has 0 fully saturated rings. The van der Waals surface area contributed by atoms with Crippen LogP contribution in [0.1, 0.15) is 24.9 Å². The molecule has 0 spiro atoms. The van der Waals surface area contributed by atoms with Gasteiger partial charge in [-0.2, -0.15) is 0 Å². The molecule has 1 aromatic rings. The number of hydrogen-bond donors (Lipinski definition) is 2. The summed E-state index contributed by atoms with van der Waals surface area (Å²) >= 11 is 0. The maximum atomic E-state index is 5.58. The Kier molecular flexibility index (Phi) is 6.49. The number of methoxy groups -OCH3 is 2. The second-order valence-corrected chi connectivity index (χ2v) is 3.90. The van der Waals surface area contributed by atoms with E-state index in [2.05, 4.69) is 12.3 Å². The van der Waals surface area contributed by atoms with Crippen LogP contribution < -0.4 is 20.7 Å². The van der Waals surface area contributed by atoms with Gasteiger partial charge in [-0.05, 0) is 24.6 Å². The lowest BCUT2D eigenvalue weighted by molar-refractivity contribution is 0.111. The third-order valence-electron chi connectivity index (χ3n) is 2.65. The first-order valence-corrected chi connectivity index (χ1v) is 6.02. The Bertz CT molecular complexity index is 358. The number of rotatable bonds is 8. The Balaban J connectivity index is 2.87. The smallest absolute Gasteiger partial charge is 0.124 e. The van der Waals surface area contributed by atoms with Gasteiger partial charge in [0.15, 0.2) is 0 Å². The minimum Gasteiger partial charge on any atom is -0.497 e. The van der Waals surface area contributed by atoms with Gasteiger partial charge in [-0.15, -0.1) is 0 Å². The molecule has 5 heteroatoms. The summed E-state index contributed by atoms with van der Waals surface area (Å²) in [5.41, 5.74) is 3.67. The Labute approximate surface area is 108 Å². The molecule has 1 atom stereocenters. The first-order chi connectivity index (χ1) is 8.76. The lowest BCUT2D eigenvalue weighted by atomic mass is 10.1. The predicted molar refractivity (Wildman–Crippen MR) is 70.7 cm³/mol. The van der Waals surface area contributed by atoms with Gasteiger partial charge in [0.05, 0.1) is 26.9 Å². The van der Waals surface area contributed by atoms with Crippen LogP contribution in [-0.2, 0) is 4.74 Å². The van der Waals surface area contributed by atoms with Crippen molar-refractivity contribution in [2.75, 3.05) is 27.4 Å². The minimum atomic E-state index is -0.124. The van der Waals surface area contributed by atoms with Gasteiger partial charge in [-0.3, -0.25) is 11.3 Å². The number of ether oxygens (including phenoxy) is 3. The first-order valence-electron chi connectivity index (χ1n) is 6.02. The van der Waals surface area contributed by atoms with Gasteiger partial charge < -0.3 is 14.2 Å². The van der Waals surface area contributed by atoms with Crippen molar-refractivity contribution in [2.24, 2.45) is 5.84 Å². The van der Waals surface area contributed by atoms with Crippen LogP contribution in [0.15, 0.2) is 18.2 Å². The third kappa shape index (κ3) is 3.87. The topological polar surface area (TPSA) is 65.7 Å². The van der Waals surface area contributed by atoms with Crippen molar-refractivity contribution in [3.63, 3.8) is 0 Å². The van der Waals surface area contributed by atoms with Crippen LogP contribution in [-0.4, -0.2) is 27.4 Å². The fraction of sp³-hybridized carbons (Fsp3) is 0.538. The molecule has 5 nitrogen and oxygen atoms in total. The highest BCUT2D eigenvalue weighted by Gasteiger charge is 2.16. The van der Waals surface area contributed by atoms with Gasteiger partial charge in [-0.25, -0.2) is 0 Å². The van der Waals surface area contributed by atoms with Crippen molar-refractivity contribution < 1.29 is 14.2 Å². The SMILES string of the molecule is CCCOCC(NN)c1cc(OC)ccc1OC. The summed E-state index contributed by atoms with van der Waals surface area (Å²) in [6, 6.07) is 5.49. The number of hydrazine groups is 1. The van der Waals surface area contributed by atoms with Gasteiger partial charge in [-0.1, -0.05) is 6.92 Å². The van der Waals surface area contributed by atoms with Crippen LogP contribution in [0.5, 0.6) is 11.5 Å². The number of nitrogens with two attached hydrogens (primary N) is 1. The molecule has 0 aliphatic rings. The molecule has 1 unspecified atom stereocenters. The van der Waals surface area contributed by atoms with Crippen LogP contribution in [0.3, 0.4) is 0 Å². The Morgan fingerprint density at radius 3 is 2.61 bits per heavy atom. The Morgan fingerprint density at radius 1 is 1.28 bits per heavy atom. The summed E-state index contributed by atoms with van der Waals surface area (Å²) < 4.78 is 16.1. The van der Waals surface area contributed by atoms with E-state index in [1.54, 1.807) is 14.2 Å². The molecule has 0 aromatic heterocycles. The van der Waals surface area contributed by atoms with Crippen molar-refractivity contribution in [1.29, 1.82) is 0 Å². The molecule has 1 rings (SSSR count). The molecule has 102 valence electrons. The summed E-state index contributed by atoms with van der Waals surface area (Å²) in [4.78, 5) is 0. The fourth-order valence-corrected chi connectivity index (χ4v) is 1.68. The maximum absolute atomic E-state index is 5.58. The number of benzene rings is 1. The molecule has 0 bridgehead atoms. The second-order valence-electron chi connectivity index (χ2n) is 3.90. The van der Waals surface area contributed by atoms with E-state index in [9.17, 15) is 0 Å². The molecular formula is C13H22N2O3. The zero-order valence-corrected chi connectivity index (χ0v) is 11.2. The van der Waals surface area contributed by atoms with E-state index in [0.717, 1.165) is 23.5 Å². The van der Waals surface area contributed by atoms with E-state index in [1.165, 1.54) is 0 Å². The van der Waals surface area contributed by atoms with E-state index >= 15 is 0 Å². The molecule has 0 radical (unpaired) electrons. The molecule has 0 saturated carbocycles. The maximum Gasteiger partial charge on any atom is 0.124 e. The van der Waals surface area contributed by atoms with E-state index in [0.29, 0.717) is 13.2 Å². The van der Waals surface area contributed by atoms with Crippen molar-refractivity contribution in [1.82, 2.24) is 5.43 Å². The van der Waals surface area contributed by atoms with Crippen LogP contribution in [0, 0.1) is 0 Å². The van der Waals surface area contributed by atoms with Gasteiger partial charge in [0.1, 0.15) is 11.5 Å². The summed E-state index contributed by atoms with van der Waals surface area (Å²) in [6.45, 7) is 3.27. The van der Waals surface area contributed by atoms with E-state index in [1.807, 2.05) is 18.2 Å². The van der Waals surface area contributed by atoms with Crippen molar-refractivity contribution in [3.05, 3.63) is 23.8 Å². The van der Waals surface area contributed by atoms with Crippen molar-refractivity contribution in [2.45, 2.75) is 19.4 Å². The molecule has 18 heavy (non-hydrogen) atoms. The summed E-state index contributed by atoms with van der Waals surface area (Å²) in [6.07, 6.45) is 0.979. The summed E-state index contributed by atoms with van der Waals surface area (Å²) in [7, 11) is 3.26. The molecule has 1 aromatic carbocycles. The molecule has 3 N–H and O–H groups in total. The van der Waals surface area contributed by atoms with Crippen molar-refractivity contribution in [3.8, 4) is 11.5 Å². The van der Waals surface area contributed by atoms with E-state index in [-0.39, 0.29) is 6.04 Å². The van der Waals surface area contributed by atoms with Gasteiger partial charge >= 0.3 is 0 Å². The molecular weight excluding hydrogens is 232 g/mol. The van der Waals surface area contributed by atoms with E-state index < -0.39 is 0 Å². The molecule has 0 amide bonds. The summed E-state index contributed by atoms with van der Waals surface area (Å²) in [5, 5.41) is 0. The zero-order chi connectivity index (χ0) is 13.4. The predicted octanol–water partition coefficient (Wildman–Crippen LogP) is 1.63. The van der Waals surface area contributed by atoms with Gasteiger partial charge in [0.25, 0.3) is 0 Å². The van der Waals surface area contributed by atoms with Gasteiger partial charge in [0, 0.05) is 12.2 Å². The summed E-state index contributed by atoms with van der Waals surface area (Å²) in [5.74, 6) is 7.10. The zero-order valence-electron chi connectivity index (χ0n) is 11.2. The highest BCUT2D eigenvalue weighted by atomic mass is 16.5. The monoisotopic (exact) mass is 254 g/mol. The lowest BCUT2D eigenvalue weighted by Gasteiger charge is -2.19. The van der Waals surface area contributed by atoms with Crippen LogP contribution in [0.4, 0.5) is 0 Å². The second kappa shape index (κ2) is 7.92. The quantitative estimate of drug-likeness (QED) is 0.419. The molecule has 0 aliphatic carbocycles. The highest BCUT2D eigenvalue weighted by molar-refractivity contribution is 5.42. The largest absolute Gasteiger partial charge is 0.497 e. The molecule has 0 heterocycles. The number of hydrogen-bond acceptors (Lipinski definition) is 5. The average Bonchev–Trinajstić information content (AvgIpc) is 2.43. The Hall–Kier alpha value is -1.30. The normalized spacial score (nSPS) is 12.2. The third-order valence-corrected chi connectivity index (χ3v) is 2.65. The van der Waals surface area contributed by atoms with Crippen LogP contribution in [0.2, 0.25) is 0 Å². The van der Waals surface area contributed by atoms with Gasteiger partial charge in [0.2, 0.25) is 0 Å².